The molecule has 0 fully saturated rings. The predicted molar refractivity (Wildman–Crippen MR) is 92.7 cm³/mol. The molecule has 0 aliphatic heterocycles. The number of quaternary nitrogens is 1. The van der Waals surface area contributed by atoms with Gasteiger partial charge in [-0.3, -0.25) is 9.59 Å². The molecule has 23 heavy (non-hydrogen) atoms. The number of aromatic nitrogens is 2. The summed E-state index contributed by atoms with van der Waals surface area (Å²) in [5.74, 6) is 1.12. The predicted octanol–water partition coefficient (Wildman–Crippen LogP) is 0.691. The maximum atomic E-state index is 12.5. The van der Waals surface area contributed by atoms with E-state index in [4.69, 9.17) is 0 Å². The number of nitrogens with zero attached hydrogens (tertiary/aromatic N) is 1. The number of thiophene rings is 1. The number of aromatic amines is 1. The number of carbonyl (C=O) groups is 1. The second-order valence-corrected chi connectivity index (χ2v) is 7.12. The molecule has 0 aliphatic rings. The molecular weight excluding hydrogens is 312 g/mol. The van der Waals surface area contributed by atoms with E-state index >= 15 is 0 Å². The lowest BCUT2D eigenvalue weighted by atomic mass is 9.98. The standard InChI is InChI=1S/C16H24N4O2S/c1-5-9(2)6-11-10(3)23-16-14(11)15(22)19-12(20-16)7-18-8-13(21)17-4/h9,18H,5-8H2,1-4H3,(H,17,21)(H,19,20,22)/p+1/t9-/m1/s1. The molecule has 1 atom stereocenters. The van der Waals surface area contributed by atoms with Gasteiger partial charge in [-0.2, -0.15) is 0 Å². The molecule has 0 aromatic carbocycles. The fraction of sp³-hybridized carbons (Fsp3) is 0.562. The highest BCUT2D eigenvalue weighted by Crippen LogP contribution is 2.29. The number of rotatable bonds is 7. The van der Waals surface area contributed by atoms with Gasteiger partial charge in [0.25, 0.3) is 11.5 Å². The van der Waals surface area contributed by atoms with Crippen molar-refractivity contribution >= 4 is 27.5 Å². The van der Waals surface area contributed by atoms with Gasteiger partial charge in [0.1, 0.15) is 11.4 Å². The quantitative estimate of drug-likeness (QED) is 0.694. The van der Waals surface area contributed by atoms with E-state index in [0.29, 0.717) is 24.8 Å². The van der Waals surface area contributed by atoms with Gasteiger partial charge in [0.05, 0.1) is 5.39 Å². The smallest absolute Gasteiger partial charge is 0.274 e. The summed E-state index contributed by atoms with van der Waals surface area (Å²) in [7, 11) is 1.61. The molecule has 0 saturated heterocycles. The molecule has 0 aliphatic carbocycles. The van der Waals surface area contributed by atoms with E-state index in [2.05, 4.69) is 36.1 Å². The fourth-order valence-corrected chi connectivity index (χ4v) is 3.57. The zero-order valence-corrected chi connectivity index (χ0v) is 15.0. The topological polar surface area (TPSA) is 91.5 Å². The molecule has 7 heteroatoms. The van der Waals surface area contributed by atoms with E-state index in [1.165, 1.54) is 4.88 Å². The Morgan fingerprint density at radius 2 is 2.22 bits per heavy atom. The zero-order chi connectivity index (χ0) is 17.0. The number of aryl methyl sites for hydroxylation is 1. The summed E-state index contributed by atoms with van der Waals surface area (Å²) >= 11 is 1.58. The van der Waals surface area contributed by atoms with E-state index < -0.39 is 0 Å². The molecule has 0 unspecified atom stereocenters. The summed E-state index contributed by atoms with van der Waals surface area (Å²) in [5, 5.41) is 5.13. The van der Waals surface area contributed by atoms with E-state index in [1.807, 2.05) is 5.32 Å². The van der Waals surface area contributed by atoms with Gasteiger partial charge in [-0.1, -0.05) is 20.3 Å². The van der Waals surface area contributed by atoms with Crippen LogP contribution in [0.2, 0.25) is 0 Å². The van der Waals surface area contributed by atoms with Gasteiger partial charge in [-0.15, -0.1) is 11.3 Å². The van der Waals surface area contributed by atoms with E-state index in [0.717, 1.165) is 28.6 Å². The normalized spacial score (nSPS) is 12.5. The highest BCUT2D eigenvalue weighted by atomic mass is 32.1. The van der Waals surface area contributed by atoms with Crippen molar-refractivity contribution in [3.8, 4) is 0 Å². The van der Waals surface area contributed by atoms with Crippen LogP contribution in [0.5, 0.6) is 0 Å². The second kappa shape index (κ2) is 7.70. The monoisotopic (exact) mass is 337 g/mol. The summed E-state index contributed by atoms with van der Waals surface area (Å²) in [6, 6.07) is 0. The highest BCUT2D eigenvalue weighted by molar-refractivity contribution is 7.18. The maximum absolute atomic E-state index is 12.5. The van der Waals surface area contributed by atoms with Crippen molar-refractivity contribution in [3.05, 3.63) is 26.6 Å². The lowest BCUT2D eigenvalue weighted by Gasteiger charge is -2.08. The van der Waals surface area contributed by atoms with Crippen molar-refractivity contribution in [2.24, 2.45) is 5.92 Å². The minimum Gasteiger partial charge on any atom is -0.354 e. The van der Waals surface area contributed by atoms with Gasteiger partial charge in [0.15, 0.2) is 12.4 Å². The van der Waals surface area contributed by atoms with Gasteiger partial charge in [-0.25, -0.2) is 4.98 Å². The molecule has 2 heterocycles. The van der Waals surface area contributed by atoms with E-state index in [-0.39, 0.29) is 11.5 Å². The van der Waals surface area contributed by atoms with Crippen LogP contribution >= 0.6 is 11.3 Å². The van der Waals surface area contributed by atoms with Gasteiger partial charge in [-0.05, 0) is 24.8 Å². The van der Waals surface area contributed by atoms with Crippen molar-refractivity contribution in [3.63, 3.8) is 0 Å². The Hall–Kier alpha value is -1.73. The third-order valence-electron chi connectivity index (χ3n) is 4.11. The molecule has 2 aromatic heterocycles. The Bertz CT molecular complexity index is 750. The van der Waals surface area contributed by atoms with Crippen LogP contribution in [0.25, 0.3) is 10.2 Å². The summed E-state index contributed by atoms with van der Waals surface area (Å²) in [6.07, 6.45) is 2.00. The third kappa shape index (κ3) is 4.17. The Kier molecular flexibility index (Phi) is 5.90. The lowest BCUT2D eigenvalue weighted by Crippen LogP contribution is -2.85. The van der Waals surface area contributed by atoms with Crippen LogP contribution in [0.1, 0.15) is 36.5 Å². The Morgan fingerprint density at radius 3 is 2.87 bits per heavy atom. The Morgan fingerprint density at radius 1 is 1.48 bits per heavy atom. The van der Waals surface area contributed by atoms with Crippen molar-refractivity contribution in [2.75, 3.05) is 13.6 Å². The molecule has 2 rings (SSSR count). The molecule has 0 spiro atoms. The van der Waals surface area contributed by atoms with Crippen LogP contribution < -0.4 is 16.2 Å². The molecule has 6 nitrogen and oxygen atoms in total. The van der Waals surface area contributed by atoms with E-state index in [1.54, 1.807) is 18.4 Å². The van der Waals surface area contributed by atoms with Crippen LogP contribution in [0.15, 0.2) is 4.79 Å². The number of nitrogens with two attached hydrogens (primary N) is 1. The summed E-state index contributed by atoms with van der Waals surface area (Å²) < 4.78 is 0. The SMILES string of the molecule is CC[C@@H](C)Cc1c(C)sc2nc(C[NH2+]CC(=O)NC)[nH]c(=O)c12. The largest absolute Gasteiger partial charge is 0.354 e. The summed E-state index contributed by atoms with van der Waals surface area (Å²) in [6.45, 7) is 7.22. The third-order valence-corrected chi connectivity index (χ3v) is 5.15. The number of fused-ring (bicyclic) bond motifs is 1. The van der Waals surface area contributed by atoms with Crippen molar-refractivity contribution in [2.45, 2.75) is 40.2 Å². The van der Waals surface area contributed by atoms with Crippen molar-refractivity contribution in [1.82, 2.24) is 15.3 Å². The van der Waals surface area contributed by atoms with Crippen LogP contribution in [-0.2, 0) is 17.8 Å². The zero-order valence-electron chi connectivity index (χ0n) is 14.2. The second-order valence-electron chi connectivity index (χ2n) is 5.92. The Labute approximate surface area is 139 Å². The van der Waals surface area contributed by atoms with Gasteiger partial charge in [0.2, 0.25) is 0 Å². The van der Waals surface area contributed by atoms with E-state index in [9.17, 15) is 9.59 Å². The lowest BCUT2D eigenvalue weighted by molar-refractivity contribution is -0.661. The number of amides is 1. The van der Waals surface area contributed by atoms with Crippen LogP contribution in [0.3, 0.4) is 0 Å². The van der Waals surface area contributed by atoms with Gasteiger partial charge < -0.3 is 15.6 Å². The van der Waals surface area contributed by atoms with Crippen molar-refractivity contribution in [1.29, 1.82) is 0 Å². The van der Waals surface area contributed by atoms with Crippen LogP contribution in [0.4, 0.5) is 0 Å². The molecular formula is C16H25N4O2S+. The molecule has 1 amide bonds. The summed E-state index contributed by atoms with van der Waals surface area (Å²) in [4.78, 5) is 33.1. The average molecular weight is 337 g/mol. The molecule has 126 valence electrons. The van der Waals surface area contributed by atoms with Crippen LogP contribution in [0, 0.1) is 12.8 Å². The number of likely N-dealkylation sites (N-methyl/N-ethyl adjacent to an activating group) is 1. The first-order chi connectivity index (χ1) is 11.0. The first-order valence-corrected chi connectivity index (χ1v) is 8.81. The molecule has 0 saturated carbocycles. The number of carbonyl (C=O) groups excluding carboxylic acids is 1. The molecule has 2 aromatic rings. The Balaban J connectivity index is 2.26. The van der Waals surface area contributed by atoms with Crippen molar-refractivity contribution < 1.29 is 10.1 Å². The first-order valence-electron chi connectivity index (χ1n) is 7.99. The van der Waals surface area contributed by atoms with Gasteiger partial charge >= 0.3 is 0 Å². The minimum atomic E-state index is -0.0685. The number of H-pyrrole nitrogens is 1. The molecule has 0 bridgehead atoms. The number of hydrogen-bond donors (Lipinski definition) is 3. The molecule has 0 radical (unpaired) electrons. The highest BCUT2D eigenvalue weighted by Gasteiger charge is 2.17. The van der Waals surface area contributed by atoms with Crippen LogP contribution in [-0.4, -0.2) is 29.5 Å². The number of hydrogen-bond acceptors (Lipinski definition) is 4. The summed E-state index contributed by atoms with van der Waals surface area (Å²) in [5.41, 5.74) is 1.06. The minimum absolute atomic E-state index is 0.0452. The average Bonchev–Trinajstić information content (AvgIpc) is 2.83. The molecule has 4 N–H and O–H groups in total. The fourth-order valence-electron chi connectivity index (χ4n) is 2.50. The maximum Gasteiger partial charge on any atom is 0.274 e. The number of nitrogens with one attached hydrogen (secondary N) is 2. The van der Waals surface area contributed by atoms with Gasteiger partial charge in [0, 0.05) is 11.9 Å². The first kappa shape index (κ1) is 17.6.